The van der Waals surface area contributed by atoms with E-state index in [1.807, 2.05) is 60.7 Å². The molecule has 2 aromatic rings. The molecular formula is C14H11O. The Kier molecular flexibility index (Phi) is 3.15. The summed E-state index contributed by atoms with van der Waals surface area (Å²) in [5.74, 6) is 0. The van der Waals surface area contributed by atoms with Crippen LogP contribution in [0.5, 0.6) is 0 Å². The third-order valence-electron chi connectivity index (χ3n) is 2.32. The van der Waals surface area contributed by atoms with E-state index in [-0.39, 0.29) is 6.10 Å². The van der Waals surface area contributed by atoms with Gasteiger partial charge in [0.15, 0.2) is 7.11 Å². The first kappa shape index (κ1) is 9.94. The minimum Gasteiger partial charge on any atom is -0.352 e. The van der Waals surface area contributed by atoms with Gasteiger partial charge in [-0.1, -0.05) is 60.7 Å². The highest BCUT2D eigenvalue weighted by atomic mass is 16.3. The fourth-order valence-corrected chi connectivity index (χ4v) is 1.58. The van der Waals surface area contributed by atoms with E-state index in [1.54, 1.807) is 0 Å². The van der Waals surface area contributed by atoms with Gasteiger partial charge in [0.1, 0.15) is 6.10 Å². The monoisotopic (exact) mass is 184 g/mol. The Morgan fingerprint density at radius 2 is 1.13 bits per heavy atom. The van der Waals surface area contributed by atoms with E-state index in [4.69, 9.17) is 11.8 Å². The fourth-order valence-electron chi connectivity index (χ4n) is 1.58. The van der Waals surface area contributed by atoms with Crippen molar-refractivity contribution in [2.24, 2.45) is 0 Å². The van der Waals surface area contributed by atoms with Gasteiger partial charge in [0.25, 0.3) is 0 Å². The molecule has 3 radical (unpaired) electrons. The van der Waals surface area contributed by atoms with Gasteiger partial charge in [-0.05, 0) is 11.1 Å². The lowest BCUT2D eigenvalue weighted by molar-refractivity contribution is 0.176. The lowest BCUT2D eigenvalue weighted by Crippen LogP contribution is -2.01. The van der Waals surface area contributed by atoms with Gasteiger partial charge in [-0.25, -0.2) is 0 Å². The normalized spacial score (nSPS) is 10.5. The molecule has 0 aliphatic carbocycles. The van der Waals surface area contributed by atoms with E-state index >= 15 is 0 Å². The van der Waals surface area contributed by atoms with Gasteiger partial charge in [0.05, 0.1) is 0 Å². The zero-order valence-corrected chi connectivity index (χ0v) is 8.26. The summed E-state index contributed by atoms with van der Waals surface area (Å²) in [5.41, 5.74) is 2.00. The Balaban J connectivity index is 2.34. The summed E-state index contributed by atoms with van der Waals surface area (Å²) in [4.78, 5) is 0. The first-order valence-corrected chi connectivity index (χ1v) is 4.84. The molecule has 15 heavy (non-hydrogen) atoms. The van der Waals surface area contributed by atoms with E-state index in [0.29, 0.717) is 0 Å². The molecule has 1 heteroatoms. The van der Waals surface area contributed by atoms with Crippen molar-refractivity contribution in [3.05, 3.63) is 78.9 Å². The molecule has 0 saturated heterocycles. The van der Waals surface area contributed by atoms with Gasteiger partial charge in [0, 0.05) is 0 Å². The molecule has 1 nitrogen and oxygen atoms in total. The van der Waals surface area contributed by atoms with E-state index in [0.717, 1.165) is 11.1 Å². The summed E-state index contributed by atoms with van der Waals surface area (Å²) >= 11 is 0. The molecule has 0 atom stereocenters. The molecule has 0 aliphatic rings. The zero-order chi connectivity index (χ0) is 10.5. The third kappa shape index (κ3) is 2.25. The molecule has 0 spiro atoms. The van der Waals surface area contributed by atoms with Crippen LogP contribution in [0.2, 0.25) is 0 Å². The number of hydrogen-bond acceptors (Lipinski definition) is 1. The summed E-state index contributed by atoms with van der Waals surface area (Å²) < 4.78 is 4.77. The minimum absolute atomic E-state index is 0.299. The topological polar surface area (TPSA) is 9.23 Å². The number of hydrogen-bond donors (Lipinski definition) is 0. The zero-order valence-electron chi connectivity index (χ0n) is 8.26. The van der Waals surface area contributed by atoms with Crippen LogP contribution in [-0.4, -0.2) is 0 Å². The Morgan fingerprint density at radius 3 is 1.47 bits per heavy atom. The predicted octanol–water partition coefficient (Wildman–Crippen LogP) is 3.34. The van der Waals surface area contributed by atoms with Crippen LogP contribution in [0, 0.1) is 7.11 Å². The molecule has 0 N–H and O–H groups in total. The van der Waals surface area contributed by atoms with Crippen molar-refractivity contribution in [2.45, 2.75) is 6.10 Å². The van der Waals surface area contributed by atoms with Crippen LogP contribution in [0.25, 0.3) is 0 Å². The van der Waals surface area contributed by atoms with Gasteiger partial charge < -0.3 is 4.74 Å². The average molecular weight is 184 g/mol. The summed E-state index contributed by atoms with van der Waals surface area (Å²) in [6, 6.07) is 19.6. The first-order valence-electron chi connectivity index (χ1n) is 4.84. The van der Waals surface area contributed by atoms with Gasteiger partial charge in [0.2, 0.25) is 0 Å². The van der Waals surface area contributed by atoms with E-state index < -0.39 is 0 Å². The Bertz CT molecular complexity index is 355. The number of ether oxygens (including phenoxy) is 1. The van der Waals surface area contributed by atoms with Crippen molar-refractivity contribution in [1.82, 2.24) is 0 Å². The second-order valence-corrected chi connectivity index (χ2v) is 3.32. The van der Waals surface area contributed by atoms with E-state index in [2.05, 4.69) is 0 Å². The first-order chi connectivity index (χ1) is 7.42. The average Bonchev–Trinajstić information content (AvgIpc) is 2.33. The molecule has 73 valence electrons. The van der Waals surface area contributed by atoms with E-state index in [1.165, 1.54) is 0 Å². The molecule has 2 aromatic carbocycles. The van der Waals surface area contributed by atoms with Crippen molar-refractivity contribution < 1.29 is 4.74 Å². The van der Waals surface area contributed by atoms with Crippen LogP contribution >= 0.6 is 0 Å². The van der Waals surface area contributed by atoms with Crippen molar-refractivity contribution in [3.8, 4) is 0 Å². The SMILES string of the molecule is [1C]OC(c1ccccc1)c1ccccc1. The third-order valence-corrected chi connectivity index (χ3v) is 2.32. The highest BCUT2D eigenvalue weighted by Crippen LogP contribution is 2.24. The molecule has 0 fully saturated rings. The Labute approximate surface area is 90.3 Å². The quantitative estimate of drug-likeness (QED) is 0.710. The Hall–Kier alpha value is -1.60. The maximum absolute atomic E-state index is 7.13. The van der Waals surface area contributed by atoms with Crippen LogP contribution in [0.15, 0.2) is 60.7 Å². The van der Waals surface area contributed by atoms with Crippen molar-refractivity contribution in [1.29, 1.82) is 0 Å². The maximum atomic E-state index is 7.13. The smallest absolute Gasteiger partial charge is 0.174 e. The molecule has 0 aromatic heterocycles. The molecule has 0 heterocycles. The van der Waals surface area contributed by atoms with Crippen molar-refractivity contribution in [3.63, 3.8) is 0 Å². The number of rotatable bonds is 3. The summed E-state index contributed by atoms with van der Waals surface area (Å²) in [6.07, 6.45) is -0.299. The summed E-state index contributed by atoms with van der Waals surface area (Å²) in [7, 11) is 7.13. The van der Waals surface area contributed by atoms with Crippen LogP contribution in [0.1, 0.15) is 17.2 Å². The summed E-state index contributed by atoms with van der Waals surface area (Å²) in [6.45, 7) is 0. The highest BCUT2D eigenvalue weighted by molar-refractivity contribution is 5.29. The molecule has 0 aliphatic heterocycles. The van der Waals surface area contributed by atoms with Crippen molar-refractivity contribution >= 4 is 0 Å². The van der Waals surface area contributed by atoms with Crippen LogP contribution in [0.4, 0.5) is 0 Å². The molecule has 0 amide bonds. The van der Waals surface area contributed by atoms with E-state index in [9.17, 15) is 0 Å². The number of benzene rings is 2. The second-order valence-electron chi connectivity index (χ2n) is 3.32. The molecule has 0 bridgehead atoms. The van der Waals surface area contributed by atoms with Crippen LogP contribution in [0.3, 0.4) is 0 Å². The molecular weight excluding hydrogens is 173 g/mol. The van der Waals surface area contributed by atoms with Gasteiger partial charge in [-0.2, -0.15) is 0 Å². The van der Waals surface area contributed by atoms with Crippen LogP contribution in [-0.2, 0) is 4.74 Å². The lowest BCUT2D eigenvalue weighted by atomic mass is 0.933. The largest absolute Gasteiger partial charge is 0.352 e. The molecule has 2 rings (SSSR count). The molecule has 0 saturated carbocycles. The van der Waals surface area contributed by atoms with Gasteiger partial charge in [-0.3, -0.25) is 0 Å². The van der Waals surface area contributed by atoms with Gasteiger partial charge >= 0.3 is 0 Å². The minimum atomic E-state index is -0.299. The van der Waals surface area contributed by atoms with Crippen molar-refractivity contribution in [2.75, 3.05) is 0 Å². The Morgan fingerprint density at radius 1 is 0.733 bits per heavy atom. The molecule has 0 unspecified atom stereocenters. The highest BCUT2D eigenvalue weighted by Gasteiger charge is 2.11. The predicted molar refractivity (Wildman–Crippen MR) is 59.1 cm³/mol. The van der Waals surface area contributed by atoms with Crippen LogP contribution < -0.4 is 0 Å². The van der Waals surface area contributed by atoms with Gasteiger partial charge in [-0.15, -0.1) is 0 Å². The standard InChI is InChI=1S/C14H11O/c1-15-14(12-8-4-2-5-9-12)13-10-6-3-7-11-13/h2-11,14H/i1-11. The second kappa shape index (κ2) is 4.76. The lowest BCUT2D eigenvalue weighted by Gasteiger charge is -2.15. The fraction of sp³-hybridized carbons (Fsp3) is 0.0714. The summed E-state index contributed by atoms with van der Waals surface area (Å²) in [5, 5.41) is 0. The maximum Gasteiger partial charge on any atom is 0.174 e.